The van der Waals surface area contributed by atoms with Gasteiger partial charge in [0.05, 0.1) is 0 Å². The highest BCUT2D eigenvalue weighted by molar-refractivity contribution is 4.99. The minimum Gasteiger partial charge on any atom is -0.103 e. The molecule has 0 saturated carbocycles. The van der Waals surface area contributed by atoms with Crippen molar-refractivity contribution < 1.29 is 0 Å². The summed E-state index contributed by atoms with van der Waals surface area (Å²) in [7, 11) is 0. The molecule has 0 aromatic carbocycles. The summed E-state index contributed by atoms with van der Waals surface area (Å²) in [5.41, 5.74) is 1.37. The van der Waals surface area contributed by atoms with Crippen LogP contribution in [0.25, 0.3) is 0 Å². The first-order chi connectivity index (χ1) is 4.31. The van der Waals surface area contributed by atoms with E-state index < -0.39 is 0 Å². The Bertz CT molecular complexity index is 98.6. The maximum atomic E-state index is 3.68. The second kappa shape index (κ2) is 5.61. The molecule has 0 aliphatic rings. The normalized spacial score (nSPS) is 11.6. The summed E-state index contributed by atoms with van der Waals surface area (Å²) >= 11 is 0. The van der Waals surface area contributed by atoms with Crippen molar-refractivity contribution in [2.45, 2.75) is 26.2 Å². The van der Waals surface area contributed by atoms with E-state index in [-0.39, 0.29) is 0 Å². The number of hydrogen-bond acceptors (Lipinski definition) is 0. The Balaban J connectivity index is 3.17. The van der Waals surface area contributed by atoms with Crippen molar-refractivity contribution >= 4 is 0 Å². The van der Waals surface area contributed by atoms with Gasteiger partial charge in [-0.25, -0.2) is 0 Å². The Labute approximate surface area is 58.3 Å². The van der Waals surface area contributed by atoms with Gasteiger partial charge < -0.3 is 0 Å². The highest BCUT2D eigenvalue weighted by Gasteiger charge is 1.85. The van der Waals surface area contributed by atoms with Gasteiger partial charge in [-0.05, 0) is 33.1 Å². The summed E-state index contributed by atoms with van der Waals surface area (Å²) < 4.78 is 0. The molecule has 1 radical (unpaired) electrons. The van der Waals surface area contributed by atoms with Crippen molar-refractivity contribution in [3.8, 4) is 0 Å². The second-order valence-corrected chi connectivity index (χ2v) is 2.23. The Morgan fingerprint density at radius 2 is 2.22 bits per heavy atom. The zero-order valence-corrected chi connectivity index (χ0v) is 6.19. The molecule has 0 heteroatoms. The monoisotopic (exact) mass is 123 g/mol. The third kappa shape index (κ3) is 5.35. The van der Waals surface area contributed by atoms with E-state index in [1.165, 1.54) is 12.0 Å². The molecule has 0 rings (SSSR count). The van der Waals surface area contributed by atoms with Crippen LogP contribution in [-0.4, -0.2) is 0 Å². The number of unbranched alkanes of at least 4 members (excludes halogenated alkanes) is 1. The molecular weight excluding hydrogens is 108 g/mol. The fourth-order valence-corrected chi connectivity index (χ4v) is 0.627. The molecule has 0 nitrogen and oxygen atoms in total. The smallest absolute Gasteiger partial charge is 0.0313 e. The van der Waals surface area contributed by atoms with Crippen LogP contribution in [0.2, 0.25) is 0 Å². The minimum absolute atomic E-state index is 1.12. The summed E-state index contributed by atoms with van der Waals surface area (Å²) in [6.07, 6.45) is 7.36. The van der Waals surface area contributed by atoms with Crippen LogP contribution in [0.4, 0.5) is 0 Å². The second-order valence-electron chi connectivity index (χ2n) is 2.23. The van der Waals surface area contributed by atoms with Crippen LogP contribution in [0.3, 0.4) is 0 Å². The molecule has 0 atom stereocenters. The summed E-state index contributed by atoms with van der Waals surface area (Å²) in [5.74, 6) is 0. The third-order valence-electron chi connectivity index (χ3n) is 1.33. The van der Waals surface area contributed by atoms with Gasteiger partial charge in [0.1, 0.15) is 0 Å². The molecule has 0 aromatic rings. The van der Waals surface area contributed by atoms with Crippen LogP contribution in [0.1, 0.15) is 26.2 Å². The lowest BCUT2D eigenvalue weighted by Crippen LogP contribution is -1.75. The third-order valence-corrected chi connectivity index (χ3v) is 1.33. The molecule has 0 spiro atoms. The first-order valence-corrected chi connectivity index (χ1v) is 3.37. The molecule has 0 aromatic heterocycles. The van der Waals surface area contributed by atoms with Gasteiger partial charge in [-0.2, -0.15) is 0 Å². The van der Waals surface area contributed by atoms with Gasteiger partial charge in [0.15, 0.2) is 0 Å². The largest absolute Gasteiger partial charge is 0.103 e. The van der Waals surface area contributed by atoms with E-state index in [1.807, 2.05) is 12.2 Å². The lowest BCUT2D eigenvalue weighted by molar-refractivity contribution is 0.833. The summed E-state index contributed by atoms with van der Waals surface area (Å²) in [4.78, 5) is 0. The minimum atomic E-state index is 1.12. The molecule has 0 aliphatic heterocycles. The van der Waals surface area contributed by atoms with Crippen LogP contribution in [0, 0.1) is 6.92 Å². The van der Waals surface area contributed by atoms with E-state index in [9.17, 15) is 0 Å². The topological polar surface area (TPSA) is 0 Å². The maximum absolute atomic E-state index is 3.68. The summed E-state index contributed by atoms with van der Waals surface area (Å²) in [6.45, 7) is 9.43. The lowest BCUT2D eigenvalue weighted by atomic mass is 10.1. The summed E-state index contributed by atoms with van der Waals surface area (Å²) in [5, 5.41) is 0. The molecule has 0 amide bonds. The van der Waals surface area contributed by atoms with Crippen molar-refractivity contribution in [2.24, 2.45) is 0 Å². The van der Waals surface area contributed by atoms with E-state index >= 15 is 0 Å². The maximum Gasteiger partial charge on any atom is -0.0313 e. The van der Waals surface area contributed by atoms with Gasteiger partial charge >= 0.3 is 0 Å². The van der Waals surface area contributed by atoms with Gasteiger partial charge in [0, 0.05) is 0 Å². The molecule has 0 aliphatic carbocycles. The van der Waals surface area contributed by atoms with E-state index in [0.29, 0.717) is 0 Å². The molecule has 0 saturated heterocycles. The van der Waals surface area contributed by atoms with Gasteiger partial charge in [0.25, 0.3) is 0 Å². The highest BCUT2D eigenvalue weighted by Crippen LogP contribution is 2.05. The predicted molar refractivity (Wildman–Crippen MR) is 43.2 cm³/mol. The molecule has 0 bridgehead atoms. The standard InChI is InChI=1S/C9H15/c1-4-6-7-8-9(3)5-2/h4-5H,1-2,6-8H2,3H3. The Kier molecular flexibility index (Phi) is 5.29. The quantitative estimate of drug-likeness (QED) is 0.398. The number of rotatable bonds is 4. The highest BCUT2D eigenvalue weighted by atomic mass is 13.9. The van der Waals surface area contributed by atoms with Crippen molar-refractivity contribution in [2.75, 3.05) is 0 Å². The molecule has 0 heterocycles. The Morgan fingerprint density at radius 3 is 2.67 bits per heavy atom. The van der Waals surface area contributed by atoms with Crippen molar-refractivity contribution in [3.05, 3.63) is 31.2 Å². The average molecular weight is 123 g/mol. The first-order valence-electron chi connectivity index (χ1n) is 3.37. The predicted octanol–water partition coefficient (Wildman–Crippen LogP) is 3.12. The van der Waals surface area contributed by atoms with Crippen molar-refractivity contribution in [3.63, 3.8) is 0 Å². The molecular formula is C9H15. The number of allylic oxidation sites excluding steroid dienone is 3. The molecule has 0 fully saturated rings. The lowest BCUT2D eigenvalue weighted by Gasteiger charge is -1.95. The van der Waals surface area contributed by atoms with Crippen LogP contribution < -0.4 is 0 Å². The van der Waals surface area contributed by atoms with E-state index in [2.05, 4.69) is 20.4 Å². The van der Waals surface area contributed by atoms with Crippen LogP contribution in [-0.2, 0) is 0 Å². The Hall–Kier alpha value is -0.520. The van der Waals surface area contributed by atoms with Crippen LogP contribution in [0.5, 0.6) is 0 Å². The van der Waals surface area contributed by atoms with E-state index in [1.54, 1.807) is 0 Å². The Morgan fingerprint density at radius 1 is 1.56 bits per heavy atom. The first kappa shape index (κ1) is 8.48. The zero-order chi connectivity index (χ0) is 7.11. The van der Waals surface area contributed by atoms with E-state index in [0.717, 1.165) is 12.8 Å². The van der Waals surface area contributed by atoms with Gasteiger partial charge in [-0.3, -0.25) is 0 Å². The van der Waals surface area contributed by atoms with Gasteiger partial charge in [-0.15, -0.1) is 6.58 Å². The molecule has 51 valence electrons. The molecule has 9 heavy (non-hydrogen) atoms. The fraction of sp³-hybridized carbons (Fsp3) is 0.444. The van der Waals surface area contributed by atoms with Gasteiger partial charge in [0.2, 0.25) is 0 Å². The van der Waals surface area contributed by atoms with Crippen LogP contribution in [0.15, 0.2) is 24.3 Å². The molecule has 0 N–H and O–H groups in total. The summed E-state index contributed by atoms with van der Waals surface area (Å²) in [6, 6.07) is 0. The van der Waals surface area contributed by atoms with Crippen LogP contribution >= 0.6 is 0 Å². The average Bonchev–Trinajstić information content (AvgIpc) is 1.89. The zero-order valence-electron chi connectivity index (χ0n) is 6.19. The van der Waals surface area contributed by atoms with E-state index in [4.69, 9.17) is 0 Å². The molecule has 0 unspecified atom stereocenters. The van der Waals surface area contributed by atoms with Gasteiger partial charge in [-0.1, -0.05) is 17.7 Å². The number of hydrogen-bond donors (Lipinski definition) is 0. The SMILES string of the molecule is [CH2]C=C(C)CCCC=C. The van der Waals surface area contributed by atoms with Crippen molar-refractivity contribution in [1.82, 2.24) is 0 Å². The fourth-order valence-electron chi connectivity index (χ4n) is 0.627. The van der Waals surface area contributed by atoms with Crippen molar-refractivity contribution in [1.29, 1.82) is 0 Å².